The van der Waals surface area contributed by atoms with E-state index in [9.17, 15) is 9.59 Å². The van der Waals surface area contributed by atoms with Gasteiger partial charge in [-0.1, -0.05) is 6.07 Å². The Hall–Kier alpha value is -1.99. The number of hydrogen-bond donors (Lipinski definition) is 0. The van der Waals surface area contributed by atoms with E-state index in [1.807, 2.05) is 18.3 Å². The topological polar surface area (TPSA) is 66.0 Å². The monoisotopic (exact) mass is 318 g/mol. The molecule has 0 aromatic carbocycles. The van der Waals surface area contributed by atoms with Crippen LogP contribution in [-0.4, -0.2) is 84.0 Å². The Morgan fingerprint density at radius 1 is 1.43 bits per heavy atom. The van der Waals surface area contributed by atoms with Crippen LogP contribution >= 0.6 is 0 Å². The second kappa shape index (κ2) is 6.64. The zero-order chi connectivity index (χ0) is 16.4. The van der Waals surface area contributed by atoms with Crippen LogP contribution in [0.5, 0.6) is 0 Å². The quantitative estimate of drug-likeness (QED) is 0.754. The average Bonchev–Trinajstić information content (AvgIpc) is 2.93. The summed E-state index contributed by atoms with van der Waals surface area (Å²) in [5, 5.41) is 0. The molecule has 3 rings (SSSR count). The van der Waals surface area contributed by atoms with Crippen molar-refractivity contribution in [2.24, 2.45) is 0 Å². The van der Waals surface area contributed by atoms with Crippen molar-refractivity contribution in [3.05, 3.63) is 30.1 Å². The van der Waals surface area contributed by atoms with Crippen molar-refractivity contribution in [1.82, 2.24) is 19.7 Å². The Labute approximate surface area is 135 Å². The first-order valence-corrected chi connectivity index (χ1v) is 7.77. The Morgan fingerprint density at radius 2 is 2.26 bits per heavy atom. The lowest BCUT2D eigenvalue weighted by molar-refractivity contribution is -0.156. The Morgan fingerprint density at radius 3 is 2.96 bits per heavy atom. The first-order chi connectivity index (χ1) is 11.0. The number of amides is 2. The minimum absolute atomic E-state index is 0.0284. The molecule has 7 nitrogen and oxygen atoms in total. The lowest BCUT2D eigenvalue weighted by Gasteiger charge is -2.36. The van der Waals surface area contributed by atoms with Gasteiger partial charge in [-0.3, -0.25) is 19.5 Å². The number of hydrogen-bond acceptors (Lipinski definition) is 5. The van der Waals surface area contributed by atoms with Crippen molar-refractivity contribution in [3.63, 3.8) is 0 Å². The summed E-state index contributed by atoms with van der Waals surface area (Å²) in [6.45, 7) is 2.43. The van der Waals surface area contributed by atoms with Crippen molar-refractivity contribution in [3.8, 4) is 0 Å². The highest BCUT2D eigenvalue weighted by Crippen LogP contribution is 2.24. The second-order valence-electron chi connectivity index (χ2n) is 6.28. The summed E-state index contributed by atoms with van der Waals surface area (Å²) >= 11 is 0. The molecule has 0 unspecified atom stereocenters. The van der Waals surface area contributed by atoms with Crippen molar-refractivity contribution in [2.45, 2.75) is 18.7 Å². The summed E-state index contributed by atoms with van der Waals surface area (Å²) in [7, 11) is 3.40. The van der Waals surface area contributed by atoms with Gasteiger partial charge in [0.2, 0.25) is 11.8 Å². The summed E-state index contributed by atoms with van der Waals surface area (Å²) in [5.41, 5.74) is 1.13. The third-order valence-electron chi connectivity index (χ3n) is 4.39. The minimum atomic E-state index is -0.107. The van der Waals surface area contributed by atoms with Gasteiger partial charge in [-0.2, -0.15) is 0 Å². The standard InChI is InChI=1S/C16H22N4O3/c1-18(2)15(21)10-20-13-8-19(7-12-4-3-5-17-6-12)9-14(13)23-11-16(20)22/h3-6,13-14H,7-11H2,1-2H3/t13-,14-/m0/s1. The van der Waals surface area contributed by atoms with Crippen molar-refractivity contribution in [1.29, 1.82) is 0 Å². The number of carbonyl (C=O) groups excluding carboxylic acids is 2. The van der Waals surface area contributed by atoms with E-state index in [0.717, 1.165) is 18.7 Å². The SMILES string of the molecule is CN(C)C(=O)CN1C(=O)CO[C@H]2CN(Cc3cccnc3)C[C@@H]21. The summed E-state index contributed by atoms with van der Waals surface area (Å²) in [4.78, 5) is 33.7. The van der Waals surface area contributed by atoms with Crippen molar-refractivity contribution < 1.29 is 14.3 Å². The molecular formula is C16H22N4O3. The van der Waals surface area contributed by atoms with Gasteiger partial charge < -0.3 is 14.5 Å². The fraction of sp³-hybridized carbons (Fsp3) is 0.562. The molecule has 2 aliphatic rings. The number of carbonyl (C=O) groups is 2. The Bertz CT molecular complexity index is 578. The van der Waals surface area contributed by atoms with Gasteiger partial charge in [0.05, 0.1) is 12.1 Å². The molecule has 7 heteroatoms. The highest BCUT2D eigenvalue weighted by Gasteiger charge is 2.43. The van der Waals surface area contributed by atoms with Crippen LogP contribution in [0.15, 0.2) is 24.5 Å². The first-order valence-electron chi connectivity index (χ1n) is 7.77. The lowest BCUT2D eigenvalue weighted by Crippen LogP contribution is -2.56. The summed E-state index contributed by atoms with van der Waals surface area (Å²) < 4.78 is 5.68. The summed E-state index contributed by atoms with van der Waals surface area (Å²) in [5.74, 6) is -0.172. The fourth-order valence-electron chi connectivity index (χ4n) is 3.11. The fourth-order valence-corrected chi connectivity index (χ4v) is 3.11. The van der Waals surface area contributed by atoms with Crippen LogP contribution in [0.2, 0.25) is 0 Å². The normalized spacial score (nSPS) is 24.6. The molecule has 2 saturated heterocycles. The molecule has 23 heavy (non-hydrogen) atoms. The Kier molecular flexibility index (Phi) is 4.58. The van der Waals surface area contributed by atoms with E-state index >= 15 is 0 Å². The number of pyridine rings is 1. The second-order valence-corrected chi connectivity index (χ2v) is 6.28. The van der Waals surface area contributed by atoms with E-state index in [0.29, 0.717) is 6.54 Å². The highest BCUT2D eigenvalue weighted by atomic mass is 16.5. The molecule has 1 aromatic heterocycles. The minimum Gasteiger partial charge on any atom is -0.365 e. The molecule has 1 aromatic rings. The third-order valence-corrected chi connectivity index (χ3v) is 4.39. The Balaban J connectivity index is 1.67. The van der Waals surface area contributed by atoms with Crippen LogP contribution in [0.4, 0.5) is 0 Å². The maximum atomic E-state index is 12.2. The maximum Gasteiger partial charge on any atom is 0.249 e. The molecule has 2 aliphatic heterocycles. The molecule has 124 valence electrons. The zero-order valence-electron chi connectivity index (χ0n) is 13.5. The average molecular weight is 318 g/mol. The van der Waals surface area contributed by atoms with Gasteiger partial charge >= 0.3 is 0 Å². The van der Waals surface area contributed by atoms with Crippen LogP contribution in [0.1, 0.15) is 5.56 Å². The van der Waals surface area contributed by atoms with Crippen LogP contribution in [0.3, 0.4) is 0 Å². The van der Waals surface area contributed by atoms with Gasteiger partial charge in [-0.05, 0) is 11.6 Å². The third kappa shape index (κ3) is 3.51. The van der Waals surface area contributed by atoms with E-state index < -0.39 is 0 Å². The molecule has 0 aliphatic carbocycles. The molecule has 0 saturated carbocycles. The van der Waals surface area contributed by atoms with Crippen molar-refractivity contribution in [2.75, 3.05) is 40.3 Å². The number of likely N-dealkylation sites (tertiary alicyclic amines) is 1. The first kappa shape index (κ1) is 15.9. The zero-order valence-corrected chi connectivity index (χ0v) is 13.5. The summed E-state index contributed by atoms with van der Waals surface area (Å²) in [6, 6.07) is 3.89. The van der Waals surface area contributed by atoms with E-state index in [1.54, 1.807) is 25.2 Å². The molecule has 0 bridgehead atoms. The molecule has 0 radical (unpaired) electrons. The van der Waals surface area contributed by atoms with Crippen LogP contribution < -0.4 is 0 Å². The van der Waals surface area contributed by atoms with Gasteiger partial charge in [0.15, 0.2) is 0 Å². The summed E-state index contributed by atoms with van der Waals surface area (Å²) in [6.07, 6.45) is 3.57. The highest BCUT2D eigenvalue weighted by molar-refractivity contribution is 5.86. The lowest BCUT2D eigenvalue weighted by atomic mass is 10.1. The number of nitrogens with zero attached hydrogens (tertiary/aromatic N) is 4. The van der Waals surface area contributed by atoms with Gasteiger partial charge in [-0.15, -0.1) is 0 Å². The van der Waals surface area contributed by atoms with Gasteiger partial charge in [0, 0.05) is 46.1 Å². The maximum absolute atomic E-state index is 12.2. The predicted molar refractivity (Wildman–Crippen MR) is 83.4 cm³/mol. The molecular weight excluding hydrogens is 296 g/mol. The molecule has 2 fully saturated rings. The number of morpholine rings is 1. The number of rotatable bonds is 4. The van der Waals surface area contributed by atoms with Gasteiger partial charge in [0.25, 0.3) is 0 Å². The van der Waals surface area contributed by atoms with E-state index in [4.69, 9.17) is 4.74 Å². The van der Waals surface area contributed by atoms with Gasteiger partial charge in [-0.25, -0.2) is 0 Å². The largest absolute Gasteiger partial charge is 0.365 e. The molecule has 2 atom stereocenters. The van der Waals surface area contributed by atoms with Crippen LogP contribution in [0, 0.1) is 0 Å². The smallest absolute Gasteiger partial charge is 0.249 e. The number of aromatic nitrogens is 1. The number of fused-ring (bicyclic) bond motifs is 1. The molecule has 0 spiro atoms. The number of ether oxygens (including phenoxy) is 1. The van der Waals surface area contributed by atoms with Crippen LogP contribution in [0.25, 0.3) is 0 Å². The molecule has 2 amide bonds. The van der Waals surface area contributed by atoms with Crippen LogP contribution in [-0.2, 0) is 20.9 Å². The van der Waals surface area contributed by atoms with E-state index in [-0.39, 0.29) is 37.1 Å². The van der Waals surface area contributed by atoms with E-state index in [1.165, 1.54) is 4.90 Å². The van der Waals surface area contributed by atoms with Crippen molar-refractivity contribution >= 4 is 11.8 Å². The number of likely N-dealkylation sites (N-methyl/N-ethyl adjacent to an activating group) is 1. The van der Waals surface area contributed by atoms with E-state index in [2.05, 4.69) is 9.88 Å². The predicted octanol–water partition coefficient (Wildman–Crippen LogP) is -0.419. The molecule has 0 N–H and O–H groups in total. The van der Waals surface area contributed by atoms with Gasteiger partial charge in [0.1, 0.15) is 13.2 Å². The molecule has 3 heterocycles.